The van der Waals surface area contributed by atoms with Gasteiger partial charge in [0.25, 0.3) is 0 Å². The molecule has 0 spiro atoms. The number of hydrogen-bond acceptors (Lipinski definition) is 7. The Balaban J connectivity index is 1.11. The van der Waals surface area contributed by atoms with Gasteiger partial charge >= 0.3 is 0 Å². The van der Waals surface area contributed by atoms with E-state index in [1.165, 1.54) is 0 Å². The van der Waals surface area contributed by atoms with Gasteiger partial charge in [-0.05, 0) is 51.4 Å². The van der Waals surface area contributed by atoms with E-state index < -0.39 is 28.7 Å². The lowest BCUT2D eigenvalue weighted by atomic mass is 9.60. The van der Waals surface area contributed by atoms with Crippen molar-refractivity contribution in [3.05, 3.63) is 0 Å². The molecule has 4 saturated carbocycles. The molecule has 6 aliphatic rings. The number of carbonyl (C=O) groups excluding carboxylic acids is 2. The Bertz CT molecular complexity index is 772. The van der Waals surface area contributed by atoms with Crippen molar-refractivity contribution in [2.45, 2.75) is 109 Å². The molecule has 0 aromatic heterocycles. The molecule has 6 rings (SSSR count). The van der Waals surface area contributed by atoms with E-state index in [1.54, 1.807) is 11.8 Å². The molecule has 34 heavy (non-hydrogen) atoms. The number of ether oxygens (including phenoxy) is 1. The van der Waals surface area contributed by atoms with Gasteiger partial charge in [-0.3, -0.25) is 9.59 Å². The van der Waals surface area contributed by atoms with Crippen molar-refractivity contribution < 1.29 is 23.8 Å². The van der Waals surface area contributed by atoms with Gasteiger partial charge in [-0.15, -0.1) is 23.4 Å². The van der Waals surface area contributed by atoms with Crippen LogP contribution in [0.4, 0.5) is 4.39 Å². The quantitative estimate of drug-likeness (QED) is 0.333. The van der Waals surface area contributed by atoms with Crippen molar-refractivity contribution in [3.8, 4) is 0 Å². The van der Waals surface area contributed by atoms with Gasteiger partial charge in [-0.1, -0.05) is 0 Å². The first-order chi connectivity index (χ1) is 16.3. The molecule has 5 N–H and O–H groups in total. The molecule has 4 aliphatic carbocycles. The number of aliphatic hydroxyl groups is 1. The summed E-state index contributed by atoms with van der Waals surface area (Å²) in [6, 6.07) is 0.321. The van der Waals surface area contributed by atoms with Gasteiger partial charge in [0.2, 0.25) is 11.8 Å². The van der Waals surface area contributed by atoms with Crippen LogP contribution in [0, 0.1) is 0 Å². The van der Waals surface area contributed by atoms with E-state index in [0.717, 1.165) is 32.4 Å². The molecule has 8 nitrogen and oxygen atoms in total. The molecule has 2 aliphatic heterocycles. The molecule has 2 heterocycles. The predicted octanol–water partition coefficient (Wildman–Crippen LogP) is 0.943. The Hall–Kier alpha value is -0.650. The lowest BCUT2D eigenvalue weighted by Gasteiger charge is -2.56. The first-order valence-corrected chi connectivity index (χ1v) is 14.0. The van der Waals surface area contributed by atoms with E-state index in [9.17, 15) is 19.1 Å². The summed E-state index contributed by atoms with van der Waals surface area (Å²) in [6.07, 6.45) is 3.16. The average Bonchev–Trinajstić information content (AvgIpc) is 3.26. The highest BCUT2D eigenvalue weighted by Gasteiger charge is 2.56. The van der Waals surface area contributed by atoms with Crippen molar-refractivity contribution in [1.29, 1.82) is 0 Å². The predicted molar refractivity (Wildman–Crippen MR) is 129 cm³/mol. The number of halogens is 2. The summed E-state index contributed by atoms with van der Waals surface area (Å²) in [4.78, 5) is 25.7. The second kappa shape index (κ2) is 10.0. The summed E-state index contributed by atoms with van der Waals surface area (Å²) < 4.78 is 19.5. The highest BCUT2D eigenvalue weighted by atomic mass is 35.5. The van der Waals surface area contributed by atoms with Crippen molar-refractivity contribution in [2.75, 3.05) is 19.7 Å². The smallest absolute Gasteiger partial charge is 0.246 e. The first-order valence-electron chi connectivity index (χ1n) is 12.6. The van der Waals surface area contributed by atoms with E-state index in [4.69, 9.17) is 16.3 Å². The Labute approximate surface area is 209 Å². The third kappa shape index (κ3) is 5.09. The number of alkyl halides is 2. The number of piperazine rings is 1. The Morgan fingerprint density at radius 3 is 2.59 bits per heavy atom. The number of nitrogens with one attached hydrogen (secondary N) is 4. The highest BCUT2D eigenvalue weighted by molar-refractivity contribution is 8.01. The largest absolute Gasteiger partial charge is 0.391 e. The zero-order valence-electron chi connectivity index (χ0n) is 19.4. The van der Waals surface area contributed by atoms with Crippen LogP contribution in [0.2, 0.25) is 0 Å². The van der Waals surface area contributed by atoms with Crippen molar-refractivity contribution in [2.24, 2.45) is 0 Å². The SMILES string of the molecule is O=C(COC1CCC(Cl)C(F)C1)NC12CCC(NC(=O)C3CC4NCCNC4S3)(CC1)CC2O. The Kier molecular flexibility index (Phi) is 7.37. The maximum absolute atomic E-state index is 13.8. The molecule has 2 bridgehead atoms. The molecular formula is C23H36ClFN4O4S. The van der Waals surface area contributed by atoms with Crippen LogP contribution in [0.15, 0.2) is 0 Å². The summed E-state index contributed by atoms with van der Waals surface area (Å²) >= 11 is 7.61. The van der Waals surface area contributed by atoms with Crippen molar-refractivity contribution in [3.63, 3.8) is 0 Å². The van der Waals surface area contributed by atoms with Crippen molar-refractivity contribution >= 4 is 35.2 Å². The Morgan fingerprint density at radius 1 is 1.12 bits per heavy atom. The minimum absolute atomic E-state index is 0.0554. The van der Waals surface area contributed by atoms with Crippen LogP contribution in [0.25, 0.3) is 0 Å². The fourth-order valence-corrected chi connectivity index (χ4v) is 8.10. The van der Waals surface area contributed by atoms with Gasteiger partial charge in [0.1, 0.15) is 12.8 Å². The fraction of sp³-hybridized carbons (Fsp3) is 0.913. The summed E-state index contributed by atoms with van der Waals surface area (Å²) in [7, 11) is 0. The number of carbonyl (C=O) groups is 2. The lowest BCUT2D eigenvalue weighted by Crippen LogP contribution is -2.70. The van der Waals surface area contributed by atoms with Gasteiger partial charge in [0, 0.05) is 31.1 Å². The standard InChI is InChI=1S/C23H36ClFN4O4S/c24-14-2-1-13(9-15(14)25)33-12-19(31)28-23-5-3-22(4-6-23,11-18(23)30)29-20(32)17-10-16-21(34-17)27-8-7-26-16/h13-18,21,26-27,30H,1-12H2,(H,28,31)(H,29,32). The van der Waals surface area contributed by atoms with Crippen LogP contribution in [-0.4, -0.2) is 88.1 Å². The van der Waals surface area contributed by atoms with E-state index >= 15 is 0 Å². The number of fused-ring (bicyclic) bond motifs is 4. The van der Waals surface area contributed by atoms with Gasteiger partial charge in [0.15, 0.2) is 0 Å². The minimum Gasteiger partial charge on any atom is -0.391 e. The van der Waals surface area contributed by atoms with Gasteiger partial charge in [0.05, 0.1) is 33.7 Å². The molecule has 0 aromatic rings. The van der Waals surface area contributed by atoms with Crippen LogP contribution in [0.3, 0.4) is 0 Å². The summed E-state index contributed by atoms with van der Waals surface area (Å²) in [5.41, 5.74) is -1.10. The third-order valence-electron chi connectivity index (χ3n) is 8.51. The van der Waals surface area contributed by atoms with Gasteiger partial charge < -0.3 is 31.1 Å². The maximum Gasteiger partial charge on any atom is 0.246 e. The maximum atomic E-state index is 13.8. The van der Waals surface area contributed by atoms with Crippen LogP contribution < -0.4 is 21.3 Å². The molecule has 0 aromatic carbocycles. The van der Waals surface area contributed by atoms with Gasteiger partial charge in [-0.25, -0.2) is 4.39 Å². The number of amides is 2. The molecule has 2 amide bonds. The summed E-state index contributed by atoms with van der Waals surface area (Å²) in [5, 5.41) is 24.0. The highest BCUT2D eigenvalue weighted by Crippen LogP contribution is 2.47. The molecule has 192 valence electrons. The van der Waals surface area contributed by atoms with Crippen LogP contribution in [-0.2, 0) is 14.3 Å². The van der Waals surface area contributed by atoms with Gasteiger partial charge in [-0.2, -0.15) is 0 Å². The number of aliphatic hydroxyl groups excluding tert-OH is 1. The molecule has 6 fully saturated rings. The molecule has 0 radical (unpaired) electrons. The lowest BCUT2D eigenvalue weighted by molar-refractivity contribution is -0.140. The first kappa shape index (κ1) is 25.0. The second-order valence-corrected chi connectivity index (χ2v) is 12.7. The Morgan fingerprint density at radius 2 is 1.88 bits per heavy atom. The number of thioether (sulfide) groups is 1. The zero-order valence-corrected chi connectivity index (χ0v) is 20.9. The van der Waals surface area contributed by atoms with E-state index in [1.807, 2.05) is 0 Å². The van der Waals surface area contributed by atoms with Crippen LogP contribution in [0.1, 0.15) is 57.8 Å². The third-order valence-corrected chi connectivity index (χ3v) is 10.5. The second-order valence-electron chi connectivity index (χ2n) is 10.8. The van der Waals surface area contributed by atoms with E-state index in [0.29, 0.717) is 38.1 Å². The monoisotopic (exact) mass is 518 g/mol. The summed E-state index contributed by atoms with van der Waals surface area (Å²) in [6.45, 7) is 1.70. The summed E-state index contributed by atoms with van der Waals surface area (Å²) in [5.74, 6) is -0.231. The molecule has 2 saturated heterocycles. The molecular weight excluding hydrogens is 483 g/mol. The number of rotatable bonds is 6. The van der Waals surface area contributed by atoms with Crippen molar-refractivity contribution in [1.82, 2.24) is 21.3 Å². The fourth-order valence-electron chi connectivity index (χ4n) is 6.41. The topological polar surface area (TPSA) is 112 Å². The molecule has 11 heteroatoms. The normalized spacial score (nSPS) is 46.0. The number of hydrogen-bond donors (Lipinski definition) is 5. The zero-order chi connectivity index (χ0) is 23.9. The van der Waals surface area contributed by atoms with E-state index in [2.05, 4.69) is 21.3 Å². The van der Waals surface area contributed by atoms with Crippen LogP contribution >= 0.6 is 23.4 Å². The minimum atomic E-state index is -1.11. The van der Waals surface area contributed by atoms with E-state index in [-0.39, 0.29) is 41.6 Å². The molecule has 7 unspecified atom stereocenters. The average molecular weight is 519 g/mol. The molecule has 7 atom stereocenters. The van der Waals surface area contributed by atoms with Crippen LogP contribution in [0.5, 0.6) is 0 Å².